The average molecular weight is 324 g/mol. The Morgan fingerprint density at radius 2 is 2.11 bits per heavy atom. The van der Waals surface area contributed by atoms with E-state index in [4.69, 9.17) is 4.74 Å². The van der Waals surface area contributed by atoms with Crippen molar-refractivity contribution in [2.45, 2.75) is 25.1 Å². The first-order chi connectivity index (χ1) is 8.43. The largest absolute Gasteiger partial charge is 0.495 e. The van der Waals surface area contributed by atoms with E-state index in [1.54, 1.807) is 0 Å². The number of ether oxygens (including phenoxy) is 1. The summed E-state index contributed by atoms with van der Waals surface area (Å²) in [7, 11) is 1.46. The van der Waals surface area contributed by atoms with Crippen molar-refractivity contribution in [2.75, 3.05) is 13.7 Å². The number of nitrogens with one attached hydrogen (secondary N) is 1. The van der Waals surface area contributed by atoms with Crippen LogP contribution in [0.5, 0.6) is 5.75 Å². The second kappa shape index (κ2) is 5.09. The number of hydrogen-bond acceptors (Lipinski definition) is 2. The molecule has 1 aromatic carbocycles. The van der Waals surface area contributed by atoms with Gasteiger partial charge in [-0.25, -0.2) is 0 Å². The van der Waals surface area contributed by atoms with Crippen molar-refractivity contribution in [1.82, 2.24) is 5.32 Å². The van der Waals surface area contributed by atoms with Crippen LogP contribution in [0.25, 0.3) is 0 Å². The van der Waals surface area contributed by atoms with E-state index >= 15 is 0 Å². The van der Waals surface area contributed by atoms with E-state index in [2.05, 4.69) is 21.2 Å². The predicted octanol–water partition coefficient (Wildman–Crippen LogP) is 3.90. The fourth-order valence-corrected chi connectivity index (χ4v) is 2.84. The summed E-state index contributed by atoms with van der Waals surface area (Å²) in [6.45, 7) is 0.821. The van der Waals surface area contributed by atoms with Gasteiger partial charge in [-0.2, -0.15) is 13.2 Å². The molecule has 0 saturated carbocycles. The fourth-order valence-electron chi connectivity index (χ4n) is 2.20. The monoisotopic (exact) mass is 323 g/mol. The molecule has 0 amide bonds. The number of benzene rings is 1. The third-order valence-electron chi connectivity index (χ3n) is 3.04. The Morgan fingerprint density at radius 3 is 2.61 bits per heavy atom. The van der Waals surface area contributed by atoms with Crippen LogP contribution in [0.4, 0.5) is 13.2 Å². The first-order valence-electron chi connectivity index (χ1n) is 5.61. The van der Waals surface area contributed by atoms with Crippen molar-refractivity contribution in [3.05, 3.63) is 27.7 Å². The van der Waals surface area contributed by atoms with Gasteiger partial charge in [-0.15, -0.1) is 0 Å². The van der Waals surface area contributed by atoms with Gasteiger partial charge in [0.05, 0.1) is 17.1 Å². The van der Waals surface area contributed by atoms with Gasteiger partial charge in [0.1, 0.15) is 5.75 Å². The lowest BCUT2D eigenvalue weighted by Gasteiger charge is -2.19. The molecule has 2 rings (SSSR count). The Bertz CT molecular complexity index is 442. The van der Waals surface area contributed by atoms with Gasteiger partial charge in [0, 0.05) is 11.6 Å². The highest BCUT2D eigenvalue weighted by atomic mass is 79.9. The molecule has 1 atom stereocenters. The van der Waals surface area contributed by atoms with Gasteiger partial charge in [0.15, 0.2) is 0 Å². The Balaban J connectivity index is 2.50. The minimum absolute atomic E-state index is 0.0708. The lowest BCUT2D eigenvalue weighted by molar-refractivity contribution is -0.137. The maximum absolute atomic E-state index is 12.8. The van der Waals surface area contributed by atoms with Crippen LogP contribution in [-0.4, -0.2) is 13.7 Å². The van der Waals surface area contributed by atoms with Crippen molar-refractivity contribution in [3.63, 3.8) is 0 Å². The van der Waals surface area contributed by atoms with Gasteiger partial charge >= 0.3 is 6.18 Å². The number of alkyl halides is 3. The third-order valence-corrected chi connectivity index (χ3v) is 3.63. The van der Waals surface area contributed by atoms with Gasteiger partial charge in [-0.3, -0.25) is 0 Å². The molecule has 18 heavy (non-hydrogen) atoms. The van der Waals surface area contributed by atoms with E-state index in [0.717, 1.165) is 25.5 Å². The van der Waals surface area contributed by atoms with Crippen molar-refractivity contribution in [2.24, 2.45) is 0 Å². The molecular weight excluding hydrogens is 311 g/mol. The highest BCUT2D eigenvalue weighted by molar-refractivity contribution is 9.10. The quantitative estimate of drug-likeness (QED) is 0.891. The first kappa shape index (κ1) is 13.7. The molecule has 1 unspecified atom stereocenters. The number of methoxy groups -OCH3 is 1. The Morgan fingerprint density at radius 1 is 1.39 bits per heavy atom. The minimum atomic E-state index is -4.35. The summed E-state index contributed by atoms with van der Waals surface area (Å²) in [6.07, 6.45) is -2.56. The van der Waals surface area contributed by atoms with Crippen molar-refractivity contribution < 1.29 is 17.9 Å². The molecule has 0 bridgehead atoms. The second-order valence-corrected chi connectivity index (χ2v) is 5.08. The molecule has 1 saturated heterocycles. The standard InChI is InChI=1S/C12H13BrF3NO/c1-18-11-8(10-3-2-4-17-10)5-7(6-9(11)13)12(14,15)16/h5-6,10,17H,2-4H2,1H3. The third kappa shape index (κ3) is 2.64. The summed E-state index contributed by atoms with van der Waals surface area (Å²) < 4.78 is 43.9. The van der Waals surface area contributed by atoms with Crippen molar-refractivity contribution in [3.8, 4) is 5.75 Å². The number of hydrogen-bond donors (Lipinski definition) is 1. The molecule has 1 aliphatic heterocycles. The van der Waals surface area contributed by atoms with Gasteiger partial charge < -0.3 is 10.1 Å². The molecule has 6 heteroatoms. The second-order valence-electron chi connectivity index (χ2n) is 4.23. The molecule has 100 valence electrons. The van der Waals surface area contributed by atoms with Gasteiger partial charge in [-0.05, 0) is 47.4 Å². The molecule has 0 radical (unpaired) electrons. The van der Waals surface area contributed by atoms with Crippen LogP contribution in [0.1, 0.15) is 30.0 Å². The van der Waals surface area contributed by atoms with E-state index in [-0.39, 0.29) is 6.04 Å². The average Bonchev–Trinajstić information content (AvgIpc) is 2.79. The van der Waals surface area contributed by atoms with E-state index < -0.39 is 11.7 Å². The maximum Gasteiger partial charge on any atom is 0.416 e. The van der Waals surface area contributed by atoms with E-state index in [9.17, 15) is 13.2 Å². The molecule has 0 aliphatic carbocycles. The van der Waals surface area contributed by atoms with Crippen LogP contribution < -0.4 is 10.1 Å². The zero-order valence-corrected chi connectivity index (χ0v) is 11.4. The van der Waals surface area contributed by atoms with Crippen LogP contribution in [0.15, 0.2) is 16.6 Å². The zero-order valence-electron chi connectivity index (χ0n) is 9.77. The summed E-state index contributed by atoms with van der Waals surface area (Å²) in [4.78, 5) is 0. The highest BCUT2D eigenvalue weighted by Crippen LogP contribution is 2.41. The summed E-state index contributed by atoms with van der Waals surface area (Å²) in [5.41, 5.74) is -0.0874. The molecule has 2 nitrogen and oxygen atoms in total. The Kier molecular flexibility index (Phi) is 3.87. The smallest absolute Gasteiger partial charge is 0.416 e. The van der Waals surface area contributed by atoms with Crippen molar-refractivity contribution >= 4 is 15.9 Å². The van der Waals surface area contributed by atoms with Gasteiger partial charge in [-0.1, -0.05) is 0 Å². The molecule has 1 fully saturated rings. The topological polar surface area (TPSA) is 21.3 Å². The molecule has 0 aromatic heterocycles. The molecular formula is C12H13BrF3NO. The fraction of sp³-hybridized carbons (Fsp3) is 0.500. The van der Waals surface area contributed by atoms with Crippen LogP contribution in [0.2, 0.25) is 0 Å². The van der Waals surface area contributed by atoms with E-state index in [0.29, 0.717) is 15.8 Å². The SMILES string of the molecule is COc1c(Br)cc(C(F)(F)F)cc1C1CCCN1. The maximum atomic E-state index is 12.8. The van der Waals surface area contributed by atoms with Crippen LogP contribution in [-0.2, 0) is 6.18 Å². The normalized spacial score (nSPS) is 20.2. The number of halogens is 4. The zero-order chi connectivity index (χ0) is 13.3. The molecule has 0 spiro atoms. The minimum Gasteiger partial charge on any atom is -0.495 e. The molecule has 1 aliphatic rings. The van der Waals surface area contributed by atoms with Crippen LogP contribution >= 0.6 is 15.9 Å². The first-order valence-corrected chi connectivity index (χ1v) is 6.41. The Hall–Kier alpha value is -0.750. The molecule has 1 aromatic rings. The molecule has 1 N–H and O–H groups in total. The summed E-state index contributed by atoms with van der Waals surface area (Å²) in [5.74, 6) is 0.474. The van der Waals surface area contributed by atoms with Crippen LogP contribution in [0, 0.1) is 0 Å². The van der Waals surface area contributed by atoms with Gasteiger partial charge in [0.25, 0.3) is 0 Å². The summed E-state index contributed by atoms with van der Waals surface area (Å²) in [6, 6.07) is 2.16. The summed E-state index contributed by atoms with van der Waals surface area (Å²) >= 11 is 3.14. The highest BCUT2D eigenvalue weighted by Gasteiger charge is 2.33. The lowest BCUT2D eigenvalue weighted by atomic mass is 10.0. The predicted molar refractivity (Wildman–Crippen MR) is 65.7 cm³/mol. The van der Waals surface area contributed by atoms with E-state index in [1.807, 2.05) is 0 Å². The summed E-state index contributed by atoms with van der Waals surface area (Å²) in [5, 5.41) is 3.19. The lowest BCUT2D eigenvalue weighted by Crippen LogP contribution is -2.16. The Labute approximate surface area is 112 Å². The van der Waals surface area contributed by atoms with E-state index in [1.165, 1.54) is 13.2 Å². The van der Waals surface area contributed by atoms with Crippen LogP contribution in [0.3, 0.4) is 0 Å². The number of rotatable bonds is 2. The van der Waals surface area contributed by atoms with Gasteiger partial charge in [0.2, 0.25) is 0 Å². The van der Waals surface area contributed by atoms with Crippen molar-refractivity contribution in [1.29, 1.82) is 0 Å². The molecule has 1 heterocycles.